The third-order valence-corrected chi connectivity index (χ3v) is 2.88. The first kappa shape index (κ1) is 11.9. The van der Waals surface area contributed by atoms with Crippen molar-refractivity contribution in [2.45, 2.75) is 6.42 Å². The average Bonchev–Trinajstić information content (AvgIpc) is 2.71. The lowest BCUT2D eigenvalue weighted by Crippen LogP contribution is -2.41. The summed E-state index contributed by atoms with van der Waals surface area (Å²) in [7, 11) is 1.79. The fraction of sp³-hybridized carbons (Fsp3) is 0.500. The molecule has 5 heteroatoms. The van der Waals surface area contributed by atoms with Crippen molar-refractivity contribution in [1.82, 2.24) is 14.7 Å². The van der Waals surface area contributed by atoms with Gasteiger partial charge in [0, 0.05) is 25.7 Å². The quantitative estimate of drug-likeness (QED) is 0.722. The summed E-state index contributed by atoms with van der Waals surface area (Å²) in [5, 5.41) is 4.14. The zero-order chi connectivity index (χ0) is 12.3. The monoisotopic (exact) mass is 235 g/mol. The fourth-order valence-corrected chi connectivity index (χ4v) is 1.98. The largest absolute Gasteiger partial charge is 0.378 e. The van der Waals surface area contributed by atoms with Crippen molar-refractivity contribution < 1.29 is 9.53 Å². The molecule has 92 valence electrons. The van der Waals surface area contributed by atoms with E-state index in [1.54, 1.807) is 24.0 Å². The van der Waals surface area contributed by atoms with Gasteiger partial charge >= 0.3 is 0 Å². The van der Waals surface area contributed by atoms with Crippen molar-refractivity contribution in [3.8, 4) is 0 Å². The lowest BCUT2D eigenvalue weighted by Gasteiger charge is -2.27. The number of carbonyl (C=O) groups is 1. The van der Waals surface area contributed by atoms with Gasteiger partial charge in [0.2, 0.25) is 0 Å². The number of aryl methyl sites for hydroxylation is 1. The van der Waals surface area contributed by atoms with Crippen LogP contribution in [0.15, 0.2) is 18.9 Å². The SMILES string of the molecule is C=CCc1cnn(C)c1C(=O)N1CCOCC1. The zero-order valence-corrected chi connectivity index (χ0v) is 10.1. The molecule has 5 nitrogen and oxygen atoms in total. The summed E-state index contributed by atoms with van der Waals surface area (Å²) in [6, 6.07) is 0. The average molecular weight is 235 g/mol. The number of ether oxygens (including phenoxy) is 1. The highest BCUT2D eigenvalue weighted by atomic mass is 16.5. The van der Waals surface area contributed by atoms with Gasteiger partial charge in [0.15, 0.2) is 0 Å². The summed E-state index contributed by atoms with van der Waals surface area (Å²) in [6.45, 7) is 6.22. The minimum atomic E-state index is 0.0325. The molecule has 1 aromatic heterocycles. The number of carbonyl (C=O) groups excluding carboxylic acids is 1. The number of allylic oxidation sites excluding steroid dienone is 1. The van der Waals surface area contributed by atoms with Crippen LogP contribution in [0, 0.1) is 0 Å². The van der Waals surface area contributed by atoms with Crippen LogP contribution in [0.25, 0.3) is 0 Å². The second kappa shape index (κ2) is 5.14. The molecule has 0 saturated carbocycles. The summed E-state index contributed by atoms with van der Waals surface area (Å²) in [5.41, 5.74) is 1.59. The Bertz CT molecular complexity index is 419. The standard InChI is InChI=1S/C12H17N3O2/c1-3-4-10-9-13-14(2)11(10)12(16)15-5-7-17-8-6-15/h3,9H,1,4-8H2,2H3. The highest BCUT2D eigenvalue weighted by Crippen LogP contribution is 2.13. The molecule has 1 aliphatic rings. The highest BCUT2D eigenvalue weighted by molar-refractivity contribution is 5.94. The summed E-state index contributed by atoms with van der Waals surface area (Å²) >= 11 is 0. The number of rotatable bonds is 3. The Hall–Kier alpha value is -1.62. The molecule has 1 fully saturated rings. The Morgan fingerprint density at radius 2 is 2.29 bits per heavy atom. The second-order valence-corrected chi connectivity index (χ2v) is 4.04. The normalized spacial score (nSPS) is 15.9. The maximum atomic E-state index is 12.4. The number of hydrogen-bond donors (Lipinski definition) is 0. The van der Waals surface area contributed by atoms with Gasteiger partial charge in [-0.05, 0) is 6.42 Å². The molecule has 2 rings (SSSR count). The Balaban J connectivity index is 2.22. The molecule has 0 atom stereocenters. The van der Waals surface area contributed by atoms with E-state index in [0.29, 0.717) is 38.4 Å². The molecule has 0 aromatic carbocycles. The number of hydrogen-bond acceptors (Lipinski definition) is 3. The Morgan fingerprint density at radius 1 is 1.59 bits per heavy atom. The molecule has 0 radical (unpaired) electrons. The number of morpholine rings is 1. The van der Waals surface area contributed by atoms with E-state index in [0.717, 1.165) is 5.56 Å². The lowest BCUT2D eigenvalue weighted by molar-refractivity contribution is 0.0295. The van der Waals surface area contributed by atoms with Crippen LogP contribution in [0.1, 0.15) is 16.1 Å². The lowest BCUT2D eigenvalue weighted by atomic mass is 10.1. The van der Waals surface area contributed by atoms with Crippen LogP contribution in [0.5, 0.6) is 0 Å². The van der Waals surface area contributed by atoms with Gasteiger partial charge in [-0.15, -0.1) is 6.58 Å². The Labute approximate surface area is 101 Å². The van der Waals surface area contributed by atoms with E-state index < -0.39 is 0 Å². The smallest absolute Gasteiger partial charge is 0.272 e. The fourth-order valence-electron chi connectivity index (χ4n) is 1.98. The van der Waals surface area contributed by atoms with Crippen LogP contribution in [0.2, 0.25) is 0 Å². The summed E-state index contributed by atoms with van der Waals surface area (Å²) in [5.74, 6) is 0.0325. The van der Waals surface area contributed by atoms with Gasteiger partial charge in [0.25, 0.3) is 5.91 Å². The second-order valence-electron chi connectivity index (χ2n) is 4.04. The number of aromatic nitrogens is 2. The van der Waals surface area contributed by atoms with Gasteiger partial charge in [-0.25, -0.2) is 0 Å². The third kappa shape index (κ3) is 2.39. The highest BCUT2D eigenvalue weighted by Gasteiger charge is 2.23. The molecule has 0 aliphatic carbocycles. The Morgan fingerprint density at radius 3 is 2.94 bits per heavy atom. The van der Waals surface area contributed by atoms with Crippen LogP contribution < -0.4 is 0 Å². The predicted octanol–water partition coefficient (Wildman–Crippen LogP) is 0.621. The maximum Gasteiger partial charge on any atom is 0.272 e. The molecule has 1 amide bonds. The molecule has 1 aromatic rings. The van der Waals surface area contributed by atoms with Crippen molar-refractivity contribution in [1.29, 1.82) is 0 Å². The van der Waals surface area contributed by atoms with Crippen LogP contribution >= 0.6 is 0 Å². The molecule has 1 aliphatic heterocycles. The van der Waals surface area contributed by atoms with Crippen LogP contribution in [0.4, 0.5) is 0 Å². The molecule has 1 saturated heterocycles. The van der Waals surface area contributed by atoms with Crippen molar-refractivity contribution in [3.05, 3.63) is 30.1 Å². The minimum Gasteiger partial charge on any atom is -0.378 e. The van der Waals surface area contributed by atoms with Gasteiger partial charge in [-0.2, -0.15) is 5.10 Å². The van der Waals surface area contributed by atoms with E-state index in [2.05, 4.69) is 11.7 Å². The van der Waals surface area contributed by atoms with E-state index in [1.807, 2.05) is 4.90 Å². The third-order valence-electron chi connectivity index (χ3n) is 2.88. The van der Waals surface area contributed by atoms with Crippen molar-refractivity contribution >= 4 is 5.91 Å². The van der Waals surface area contributed by atoms with Crippen molar-refractivity contribution in [2.75, 3.05) is 26.3 Å². The minimum absolute atomic E-state index is 0.0325. The molecule has 0 unspecified atom stereocenters. The van der Waals surface area contributed by atoms with Crippen LogP contribution in [0.3, 0.4) is 0 Å². The van der Waals surface area contributed by atoms with E-state index >= 15 is 0 Å². The first-order valence-corrected chi connectivity index (χ1v) is 5.73. The molecule has 17 heavy (non-hydrogen) atoms. The first-order chi connectivity index (χ1) is 8.24. The van der Waals surface area contributed by atoms with E-state index in [1.165, 1.54) is 0 Å². The molecular weight excluding hydrogens is 218 g/mol. The summed E-state index contributed by atoms with van der Waals surface area (Å²) in [4.78, 5) is 14.2. The van der Waals surface area contributed by atoms with Gasteiger partial charge in [-0.3, -0.25) is 9.48 Å². The van der Waals surface area contributed by atoms with E-state index in [9.17, 15) is 4.79 Å². The molecule has 0 N–H and O–H groups in total. The topological polar surface area (TPSA) is 47.4 Å². The van der Waals surface area contributed by atoms with Crippen LogP contribution in [-0.2, 0) is 18.2 Å². The summed E-state index contributed by atoms with van der Waals surface area (Å²) in [6.07, 6.45) is 4.18. The molecule has 0 spiro atoms. The maximum absolute atomic E-state index is 12.4. The van der Waals surface area contributed by atoms with E-state index in [4.69, 9.17) is 4.74 Å². The zero-order valence-electron chi connectivity index (χ0n) is 10.1. The van der Waals surface area contributed by atoms with Gasteiger partial charge in [0.05, 0.1) is 19.4 Å². The van der Waals surface area contributed by atoms with Crippen molar-refractivity contribution in [3.63, 3.8) is 0 Å². The van der Waals surface area contributed by atoms with Gasteiger partial charge in [0.1, 0.15) is 5.69 Å². The number of nitrogens with zero attached hydrogens (tertiary/aromatic N) is 3. The molecule has 0 bridgehead atoms. The van der Waals surface area contributed by atoms with Gasteiger partial charge in [-0.1, -0.05) is 6.08 Å². The molecular formula is C12H17N3O2. The van der Waals surface area contributed by atoms with E-state index in [-0.39, 0.29) is 5.91 Å². The number of amides is 1. The molecule has 2 heterocycles. The Kier molecular flexibility index (Phi) is 3.58. The van der Waals surface area contributed by atoms with Gasteiger partial charge < -0.3 is 9.64 Å². The van der Waals surface area contributed by atoms with Crippen LogP contribution in [-0.4, -0.2) is 46.9 Å². The predicted molar refractivity (Wildman–Crippen MR) is 63.8 cm³/mol. The first-order valence-electron chi connectivity index (χ1n) is 5.73. The van der Waals surface area contributed by atoms with Crippen molar-refractivity contribution in [2.24, 2.45) is 7.05 Å². The summed E-state index contributed by atoms with van der Waals surface area (Å²) < 4.78 is 6.88.